The Bertz CT molecular complexity index is 605. The summed E-state index contributed by atoms with van der Waals surface area (Å²) in [7, 11) is 0. The Labute approximate surface area is 158 Å². The van der Waals surface area contributed by atoms with Gasteiger partial charge in [-0.25, -0.2) is 9.78 Å². The van der Waals surface area contributed by atoms with E-state index in [-0.39, 0.29) is 12.3 Å². The van der Waals surface area contributed by atoms with Crippen LogP contribution < -0.4 is 22.1 Å². The Morgan fingerprint density at radius 1 is 1.19 bits per heavy atom. The lowest BCUT2D eigenvalue weighted by atomic mass is 10.0. The van der Waals surface area contributed by atoms with E-state index < -0.39 is 35.9 Å². The second-order valence-corrected chi connectivity index (χ2v) is 6.80. The average Bonchev–Trinajstić information content (AvgIpc) is 3.12. The van der Waals surface area contributed by atoms with Crippen molar-refractivity contribution in [1.82, 2.24) is 20.6 Å². The largest absolute Gasteiger partial charge is 0.480 e. The quantitative estimate of drug-likeness (QED) is 0.254. The van der Waals surface area contributed by atoms with E-state index >= 15 is 0 Å². The number of carbonyl (C=O) groups excluding carboxylic acids is 2. The standard InChI is InChI=1S/C17H30N6O4/c1-10(2)14(19)16(25)22-12(5-3-4-6-18)15(24)23-13(17(26)27)7-11-8-20-9-21-11/h8-10,12-14H,3-7,18-19H2,1-2H3,(H,20,21)(H,22,25)(H,23,24)(H,26,27)/t12-,13-,14-/m0/s1. The molecule has 8 N–H and O–H groups in total. The Morgan fingerprint density at radius 2 is 1.85 bits per heavy atom. The second kappa shape index (κ2) is 11.3. The maximum absolute atomic E-state index is 12.6. The van der Waals surface area contributed by atoms with E-state index in [0.29, 0.717) is 31.5 Å². The van der Waals surface area contributed by atoms with E-state index in [9.17, 15) is 19.5 Å². The first kappa shape index (κ1) is 22.6. The summed E-state index contributed by atoms with van der Waals surface area (Å²) >= 11 is 0. The van der Waals surface area contributed by atoms with E-state index in [1.165, 1.54) is 12.5 Å². The lowest BCUT2D eigenvalue weighted by Gasteiger charge is -2.23. The first-order valence-electron chi connectivity index (χ1n) is 9.02. The van der Waals surface area contributed by atoms with Crippen LogP contribution in [0.5, 0.6) is 0 Å². The van der Waals surface area contributed by atoms with Crippen molar-refractivity contribution in [1.29, 1.82) is 0 Å². The van der Waals surface area contributed by atoms with Crippen molar-refractivity contribution in [2.75, 3.05) is 6.54 Å². The number of amides is 2. The van der Waals surface area contributed by atoms with Crippen LogP contribution in [0.3, 0.4) is 0 Å². The number of hydrogen-bond donors (Lipinski definition) is 6. The molecule has 3 atom stereocenters. The summed E-state index contributed by atoms with van der Waals surface area (Å²) in [6, 6.07) is -2.78. The number of aromatic amines is 1. The molecular formula is C17H30N6O4. The summed E-state index contributed by atoms with van der Waals surface area (Å²) in [6.45, 7) is 4.07. The fourth-order valence-electron chi connectivity index (χ4n) is 2.42. The molecule has 152 valence electrons. The highest BCUT2D eigenvalue weighted by molar-refractivity contribution is 5.91. The molecular weight excluding hydrogens is 352 g/mol. The highest BCUT2D eigenvalue weighted by Gasteiger charge is 2.28. The topological polar surface area (TPSA) is 176 Å². The van der Waals surface area contributed by atoms with Crippen LogP contribution in [0, 0.1) is 5.92 Å². The summed E-state index contributed by atoms with van der Waals surface area (Å²) < 4.78 is 0. The molecule has 2 amide bonds. The van der Waals surface area contributed by atoms with Crippen molar-refractivity contribution in [2.45, 2.75) is 57.7 Å². The first-order chi connectivity index (χ1) is 12.8. The number of H-pyrrole nitrogens is 1. The fourth-order valence-corrected chi connectivity index (χ4v) is 2.42. The monoisotopic (exact) mass is 382 g/mol. The minimum atomic E-state index is -1.18. The number of carboxylic acids is 1. The SMILES string of the molecule is CC(C)[C@H](N)C(=O)N[C@@H](CCCCN)C(=O)N[C@@H](Cc1cnc[nH]1)C(=O)O. The zero-order chi connectivity index (χ0) is 20.4. The van der Waals surface area contributed by atoms with Gasteiger partial charge in [0.25, 0.3) is 0 Å². The number of nitrogens with two attached hydrogens (primary N) is 2. The molecule has 0 radical (unpaired) electrons. The number of carboxylic acid groups (broad SMARTS) is 1. The van der Waals surface area contributed by atoms with Crippen molar-refractivity contribution < 1.29 is 19.5 Å². The van der Waals surface area contributed by atoms with Crippen LogP contribution in [0.2, 0.25) is 0 Å². The summed E-state index contributed by atoms with van der Waals surface area (Å²) in [4.78, 5) is 43.0. The van der Waals surface area contributed by atoms with Gasteiger partial charge in [0.05, 0.1) is 12.4 Å². The third-order valence-corrected chi connectivity index (χ3v) is 4.19. The number of carbonyl (C=O) groups is 3. The summed E-state index contributed by atoms with van der Waals surface area (Å²) in [5, 5.41) is 14.5. The Morgan fingerprint density at radius 3 is 2.37 bits per heavy atom. The van der Waals surface area contributed by atoms with E-state index in [0.717, 1.165) is 0 Å². The summed E-state index contributed by atoms with van der Waals surface area (Å²) in [5.74, 6) is -2.28. The van der Waals surface area contributed by atoms with Gasteiger partial charge in [0.2, 0.25) is 11.8 Å². The zero-order valence-electron chi connectivity index (χ0n) is 15.8. The van der Waals surface area contributed by atoms with Gasteiger partial charge in [-0.1, -0.05) is 13.8 Å². The Kier molecular flexibility index (Phi) is 9.45. The molecule has 0 saturated heterocycles. The van der Waals surface area contributed by atoms with Crippen molar-refractivity contribution in [2.24, 2.45) is 17.4 Å². The molecule has 0 fully saturated rings. The molecule has 10 nitrogen and oxygen atoms in total. The van der Waals surface area contributed by atoms with Crippen LogP contribution in [-0.4, -0.2) is 57.5 Å². The number of nitrogens with one attached hydrogen (secondary N) is 3. The van der Waals surface area contributed by atoms with E-state index in [1.807, 2.05) is 0 Å². The maximum atomic E-state index is 12.6. The van der Waals surface area contributed by atoms with Crippen LogP contribution in [-0.2, 0) is 20.8 Å². The molecule has 10 heteroatoms. The number of imidazole rings is 1. The van der Waals surface area contributed by atoms with Crippen molar-refractivity contribution >= 4 is 17.8 Å². The molecule has 1 rings (SSSR count). The molecule has 0 saturated carbocycles. The van der Waals surface area contributed by atoms with Gasteiger partial charge >= 0.3 is 5.97 Å². The van der Waals surface area contributed by atoms with Crippen LogP contribution in [0.1, 0.15) is 38.8 Å². The van der Waals surface area contributed by atoms with Gasteiger partial charge in [-0.15, -0.1) is 0 Å². The first-order valence-corrected chi connectivity index (χ1v) is 9.02. The molecule has 1 aromatic rings. The van der Waals surface area contributed by atoms with E-state index in [2.05, 4.69) is 20.6 Å². The minimum Gasteiger partial charge on any atom is -0.480 e. The molecule has 0 aliphatic carbocycles. The van der Waals surface area contributed by atoms with Gasteiger partial charge < -0.3 is 32.2 Å². The smallest absolute Gasteiger partial charge is 0.326 e. The van der Waals surface area contributed by atoms with Crippen molar-refractivity contribution in [3.05, 3.63) is 18.2 Å². The lowest BCUT2D eigenvalue weighted by molar-refractivity contribution is -0.142. The Hall–Kier alpha value is -2.46. The number of unbranched alkanes of at least 4 members (excludes halogenated alkanes) is 1. The van der Waals surface area contributed by atoms with Gasteiger partial charge in [-0.2, -0.15) is 0 Å². The summed E-state index contributed by atoms with van der Waals surface area (Å²) in [5.41, 5.74) is 11.9. The third kappa shape index (κ3) is 7.75. The molecule has 0 aromatic carbocycles. The molecule has 0 aliphatic rings. The van der Waals surface area contributed by atoms with Crippen LogP contribution >= 0.6 is 0 Å². The van der Waals surface area contributed by atoms with Gasteiger partial charge in [0.1, 0.15) is 12.1 Å². The zero-order valence-corrected chi connectivity index (χ0v) is 15.8. The maximum Gasteiger partial charge on any atom is 0.326 e. The van der Waals surface area contributed by atoms with Crippen molar-refractivity contribution in [3.8, 4) is 0 Å². The fraction of sp³-hybridized carbons (Fsp3) is 0.647. The van der Waals surface area contributed by atoms with E-state index in [1.54, 1.807) is 13.8 Å². The predicted molar refractivity (Wildman–Crippen MR) is 99.5 cm³/mol. The van der Waals surface area contributed by atoms with Crippen LogP contribution in [0.4, 0.5) is 0 Å². The summed E-state index contributed by atoms with van der Waals surface area (Å²) in [6.07, 6.45) is 4.62. The molecule has 0 unspecified atom stereocenters. The van der Waals surface area contributed by atoms with Crippen LogP contribution in [0.25, 0.3) is 0 Å². The molecule has 1 aromatic heterocycles. The highest BCUT2D eigenvalue weighted by atomic mass is 16.4. The molecule has 1 heterocycles. The number of aromatic nitrogens is 2. The molecule has 0 spiro atoms. The molecule has 0 aliphatic heterocycles. The number of hydrogen-bond acceptors (Lipinski definition) is 6. The number of aliphatic carboxylic acids is 1. The van der Waals surface area contributed by atoms with Gasteiger partial charge in [-0.3, -0.25) is 9.59 Å². The minimum absolute atomic E-state index is 0.0516. The lowest BCUT2D eigenvalue weighted by Crippen LogP contribution is -2.55. The van der Waals surface area contributed by atoms with E-state index in [4.69, 9.17) is 11.5 Å². The molecule has 27 heavy (non-hydrogen) atoms. The third-order valence-electron chi connectivity index (χ3n) is 4.19. The van der Waals surface area contributed by atoms with Gasteiger partial charge in [-0.05, 0) is 31.7 Å². The van der Waals surface area contributed by atoms with Gasteiger partial charge in [0, 0.05) is 18.3 Å². The number of rotatable bonds is 12. The molecule has 0 bridgehead atoms. The number of nitrogens with zero attached hydrogens (tertiary/aromatic N) is 1. The Balaban J connectivity index is 2.79. The van der Waals surface area contributed by atoms with Crippen LogP contribution in [0.15, 0.2) is 12.5 Å². The second-order valence-electron chi connectivity index (χ2n) is 6.80. The normalized spacial score (nSPS) is 14.4. The highest BCUT2D eigenvalue weighted by Crippen LogP contribution is 2.06. The van der Waals surface area contributed by atoms with Gasteiger partial charge in [0.15, 0.2) is 0 Å². The van der Waals surface area contributed by atoms with Crippen molar-refractivity contribution in [3.63, 3.8) is 0 Å². The predicted octanol–water partition coefficient (Wildman–Crippen LogP) is -0.881. The average molecular weight is 382 g/mol.